The fourth-order valence-corrected chi connectivity index (χ4v) is 2.37. The van der Waals surface area contributed by atoms with E-state index in [4.69, 9.17) is 9.47 Å². The van der Waals surface area contributed by atoms with Crippen molar-refractivity contribution in [2.45, 2.75) is 45.3 Å². The van der Waals surface area contributed by atoms with Gasteiger partial charge in [0, 0.05) is 13.1 Å². The molecular formula is C13H25NO3. The summed E-state index contributed by atoms with van der Waals surface area (Å²) >= 11 is 0. The Kier molecular flexibility index (Phi) is 4.95. The molecule has 0 N–H and O–H groups in total. The number of rotatable bonds is 5. The number of carbonyl (C=O) groups excluding carboxylic acids is 1. The Morgan fingerprint density at radius 2 is 2.24 bits per heavy atom. The van der Waals surface area contributed by atoms with Crippen LogP contribution in [0.2, 0.25) is 0 Å². The predicted octanol–water partition coefficient (Wildman–Crippen LogP) is 1.68. The lowest BCUT2D eigenvalue weighted by molar-refractivity contribution is -0.145. The number of esters is 1. The van der Waals surface area contributed by atoms with Gasteiger partial charge in [0.05, 0.1) is 24.7 Å². The zero-order valence-electron chi connectivity index (χ0n) is 11.7. The first kappa shape index (κ1) is 14.5. The minimum atomic E-state index is -0.149. The van der Waals surface area contributed by atoms with Crippen LogP contribution in [0.4, 0.5) is 0 Å². The number of ether oxygens (including phenoxy) is 2. The average Bonchev–Trinajstić information content (AvgIpc) is 2.56. The van der Waals surface area contributed by atoms with Crippen molar-refractivity contribution in [1.82, 2.24) is 4.90 Å². The van der Waals surface area contributed by atoms with Crippen LogP contribution in [0.1, 0.15) is 33.6 Å². The lowest BCUT2D eigenvalue weighted by Gasteiger charge is -2.25. The lowest BCUT2D eigenvalue weighted by Crippen LogP contribution is -2.35. The van der Waals surface area contributed by atoms with Crippen LogP contribution >= 0.6 is 0 Å². The zero-order valence-corrected chi connectivity index (χ0v) is 11.7. The molecule has 0 aromatic rings. The number of methoxy groups -OCH3 is 1. The van der Waals surface area contributed by atoms with Crippen molar-refractivity contribution in [3.8, 4) is 0 Å². The number of carbonyl (C=O) groups is 1. The van der Waals surface area contributed by atoms with Crippen LogP contribution in [-0.4, -0.2) is 49.8 Å². The Balaban J connectivity index is 2.30. The SMILES string of the molecule is COC(=O)C(C)CN(C)CC1CCC(C)(C)O1. The molecular weight excluding hydrogens is 218 g/mol. The van der Waals surface area contributed by atoms with Gasteiger partial charge in [-0.15, -0.1) is 0 Å². The topological polar surface area (TPSA) is 38.8 Å². The van der Waals surface area contributed by atoms with E-state index in [1.165, 1.54) is 7.11 Å². The van der Waals surface area contributed by atoms with Crippen LogP contribution in [0, 0.1) is 5.92 Å². The fraction of sp³-hybridized carbons (Fsp3) is 0.923. The van der Waals surface area contributed by atoms with Gasteiger partial charge in [0.25, 0.3) is 0 Å². The average molecular weight is 243 g/mol. The second-order valence-electron chi connectivity index (χ2n) is 5.68. The van der Waals surface area contributed by atoms with E-state index in [0.29, 0.717) is 12.6 Å². The molecule has 0 saturated carbocycles. The third-order valence-corrected chi connectivity index (χ3v) is 3.26. The van der Waals surface area contributed by atoms with Crippen molar-refractivity contribution in [1.29, 1.82) is 0 Å². The summed E-state index contributed by atoms with van der Waals surface area (Å²) in [4.78, 5) is 13.5. The molecule has 0 aromatic heterocycles. The highest BCUT2D eigenvalue weighted by Crippen LogP contribution is 2.29. The first-order valence-electron chi connectivity index (χ1n) is 6.28. The van der Waals surface area contributed by atoms with Gasteiger partial charge in [-0.25, -0.2) is 0 Å². The molecule has 0 radical (unpaired) electrons. The molecule has 1 fully saturated rings. The Labute approximate surface area is 104 Å². The normalized spacial score (nSPS) is 24.9. The monoisotopic (exact) mass is 243 g/mol. The van der Waals surface area contributed by atoms with Crippen molar-refractivity contribution in [3.05, 3.63) is 0 Å². The summed E-state index contributed by atoms with van der Waals surface area (Å²) in [6.45, 7) is 7.74. The molecule has 1 aliphatic heterocycles. The molecule has 1 saturated heterocycles. The van der Waals surface area contributed by atoms with Crippen molar-refractivity contribution < 1.29 is 14.3 Å². The number of nitrogens with zero attached hydrogens (tertiary/aromatic N) is 1. The molecule has 1 heterocycles. The molecule has 0 bridgehead atoms. The number of hydrogen-bond acceptors (Lipinski definition) is 4. The Morgan fingerprint density at radius 3 is 2.71 bits per heavy atom. The molecule has 100 valence electrons. The van der Waals surface area contributed by atoms with Gasteiger partial charge in [-0.3, -0.25) is 4.79 Å². The number of likely N-dealkylation sites (N-methyl/N-ethyl adjacent to an activating group) is 1. The van der Waals surface area contributed by atoms with Crippen LogP contribution in [0.25, 0.3) is 0 Å². The third kappa shape index (κ3) is 4.64. The third-order valence-electron chi connectivity index (χ3n) is 3.26. The van der Waals surface area contributed by atoms with E-state index >= 15 is 0 Å². The van der Waals surface area contributed by atoms with Gasteiger partial charge in [0.15, 0.2) is 0 Å². The molecule has 1 aliphatic rings. The maximum absolute atomic E-state index is 11.3. The van der Waals surface area contributed by atoms with Gasteiger partial charge in [-0.1, -0.05) is 6.92 Å². The molecule has 4 heteroatoms. The Morgan fingerprint density at radius 1 is 1.59 bits per heavy atom. The summed E-state index contributed by atoms with van der Waals surface area (Å²) in [5, 5.41) is 0. The smallest absolute Gasteiger partial charge is 0.309 e. The van der Waals surface area contributed by atoms with Crippen molar-refractivity contribution in [3.63, 3.8) is 0 Å². The van der Waals surface area contributed by atoms with E-state index in [1.54, 1.807) is 0 Å². The fourth-order valence-electron chi connectivity index (χ4n) is 2.37. The van der Waals surface area contributed by atoms with Gasteiger partial charge < -0.3 is 14.4 Å². The second kappa shape index (κ2) is 5.83. The van der Waals surface area contributed by atoms with Gasteiger partial charge >= 0.3 is 5.97 Å². The van der Waals surface area contributed by atoms with Crippen molar-refractivity contribution in [2.75, 3.05) is 27.2 Å². The van der Waals surface area contributed by atoms with Crippen LogP contribution in [0.15, 0.2) is 0 Å². The van der Waals surface area contributed by atoms with E-state index < -0.39 is 0 Å². The summed E-state index contributed by atoms with van der Waals surface area (Å²) in [5.41, 5.74) is 0.0134. The second-order valence-corrected chi connectivity index (χ2v) is 5.68. The quantitative estimate of drug-likeness (QED) is 0.689. The molecule has 0 spiro atoms. The Hall–Kier alpha value is -0.610. The molecule has 4 nitrogen and oxygen atoms in total. The zero-order chi connectivity index (χ0) is 13.1. The summed E-state index contributed by atoms with van der Waals surface area (Å²) in [7, 11) is 3.45. The highest BCUT2D eigenvalue weighted by atomic mass is 16.5. The lowest BCUT2D eigenvalue weighted by atomic mass is 10.1. The highest BCUT2D eigenvalue weighted by molar-refractivity contribution is 5.72. The summed E-state index contributed by atoms with van der Waals surface area (Å²) in [6, 6.07) is 0. The predicted molar refractivity (Wildman–Crippen MR) is 66.9 cm³/mol. The van der Waals surface area contributed by atoms with Crippen molar-refractivity contribution in [2.24, 2.45) is 5.92 Å². The van der Waals surface area contributed by atoms with E-state index in [9.17, 15) is 4.79 Å². The minimum absolute atomic E-state index is 0.0134. The summed E-state index contributed by atoms with van der Waals surface area (Å²) in [6.07, 6.45) is 2.50. The van der Waals surface area contributed by atoms with E-state index in [-0.39, 0.29) is 17.5 Å². The highest BCUT2D eigenvalue weighted by Gasteiger charge is 2.32. The van der Waals surface area contributed by atoms with Gasteiger partial charge in [-0.2, -0.15) is 0 Å². The standard InChI is InChI=1S/C13H25NO3/c1-10(12(15)16-5)8-14(4)9-11-6-7-13(2,3)17-11/h10-11H,6-9H2,1-5H3. The summed E-state index contributed by atoms with van der Waals surface area (Å²) < 4.78 is 10.6. The molecule has 1 rings (SSSR count). The maximum Gasteiger partial charge on any atom is 0.309 e. The van der Waals surface area contributed by atoms with Crippen molar-refractivity contribution >= 4 is 5.97 Å². The van der Waals surface area contributed by atoms with Crippen LogP contribution in [0.5, 0.6) is 0 Å². The largest absolute Gasteiger partial charge is 0.469 e. The first-order chi connectivity index (χ1) is 7.84. The Bertz CT molecular complexity index is 265. The van der Waals surface area contributed by atoms with Crippen LogP contribution in [0.3, 0.4) is 0 Å². The maximum atomic E-state index is 11.3. The van der Waals surface area contributed by atoms with Gasteiger partial charge in [0.1, 0.15) is 0 Å². The molecule has 2 atom stereocenters. The van der Waals surface area contributed by atoms with Crippen LogP contribution in [-0.2, 0) is 14.3 Å². The van der Waals surface area contributed by atoms with E-state index in [2.05, 4.69) is 18.7 Å². The molecule has 0 amide bonds. The van der Waals surface area contributed by atoms with E-state index in [1.807, 2.05) is 14.0 Å². The summed E-state index contributed by atoms with van der Waals surface area (Å²) in [5.74, 6) is -0.232. The van der Waals surface area contributed by atoms with Gasteiger partial charge in [0.2, 0.25) is 0 Å². The molecule has 0 aliphatic carbocycles. The molecule has 17 heavy (non-hydrogen) atoms. The molecule has 0 aromatic carbocycles. The van der Waals surface area contributed by atoms with Gasteiger partial charge in [-0.05, 0) is 33.7 Å². The first-order valence-corrected chi connectivity index (χ1v) is 6.28. The molecule has 2 unspecified atom stereocenters. The minimum Gasteiger partial charge on any atom is -0.469 e. The van der Waals surface area contributed by atoms with E-state index in [0.717, 1.165) is 19.4 Å². The van der Waals surface area contributed by atoms with Crippen LogP contribution < -0.4 is 0 Å². The number of hydrogen-bond donors (Lipinski definition) is 0.